The van der Waals surface area contributed by atoms with Crippen molar-refractivity contribution in [2.45, 2.75) is 6.42 Å². The molecule has 0 spiro atoms. The zero-order valence-electron chi connectivity index (χ0n) is 4.67. The van der Waals surface area contributed by atoms with Crippen molar-refractivity contribution in [2.24, 2.45) is 0 Å². The molecule has 1 nitrogen and oxygen atoms in total. The normalized spacial score (nSPS) is 9.12. The van der Waals surface area contributed by atoms with Gasteiger partial charge in [-0.3, -0.25) is 4.98 Å². The number of hydrogen-bond acceptors (Lipinski definition) is 1. The lowest BCUT2D eigenvalue weighted by Gasteiger charge is -1.88. The van der Waals surface area contributed by atoms with Gasteiger partial charge in [-0.15, -0.1) is 0 Å². The molecular weight excluding hydrogens is 98.1 g/mol. The average molecular weight is 106 g/mol. The van der Waals surface area contributed by atoms with Crippen LogP contribution < -0.4 is 0 Å². The number of rotatable bonds is 1. The molecule has 0 amide bonds. The Morgan fingerprint density at radius 2 is 2.38 bits per heavy atom. The smallest absolute Gasteiger partial charge is 0.0403 e. The Hall–Kier alpha value is -0.850. The fraction of sp³-hybridized carbons (Fsp3) is 0.143. The largest absolute Gasteiger partial charge is 0.261 e. The predicted molar refractivity (Wildman–Crippen MR) is 33.3 cm³/mol. The molecule has 0 aromatic carbocycles. The van der Waals surface area contributed by atoms with Crippen LogP contribution in [0.2, 0.25) is 0 Å². The van der Waals surface area contributed by atoms with Gasteiger partial charge in [-0.05, 0) is 25.5 Å². The molecule has 0 saturated carbocycles. The molecule has 0 aliphatic rings. The summed E-state index contributed by atoms with van der Waals surface area (Å²) in [6.07, 6.45) is 2.56. The molecule has 41 valence electrons. The van der Waals surface area contributed by atoms with Crippen LogP contribution in [0.3, 0.4) is 0 Å². The van der Waals surface area contributed by atoms with Crippen molar-refractivity contribution in [2.75, 3.05) is 0 Å². The van der Waals surface area contributed by atoms with Gasteiger partial charge < -0.3 is 0 Å². The number of hydrogen-bond donors (Lipinski definition) is 0. The van der Waals surface area contributed by atoms with Gasteiger partial charge >= 0.3 is 0 Å². The minimum atomic E-state index is 0.779. The third-order valence-corrected chi connectivity index (χ3v) is 0.982. The van der Waals surface area contributed by atoms with Gasteiger partial charge in [0.2, 0.25) is 0 Å². The molecule has 8 heavy (non-hydrogen) atoms. The highest BCUT2D eigenvalue weighted by Gasteiger charge is 1.81. The molecule has 0 saturated heterocycles. The van der Waals surface area contributed by atoms with Crippen molar-refractivity contribution < 1.29 is 0 Å². The van der Waals surface area contributed by atoms with Crippen LogP contribution in [0.1, 0.15) is 5.69 Å². The molecule has 1 heterocycles. The standard InChI is InChI=1S/C7H8N/c1-2-7-5-3-4-6-8-7/h3-6H,1-2H2. The third-order valence-electron chi connectivity index (χ3n) is 0.982. The Balaban J connectivity index is 2.83. The highest BCUT2D eigenvalue weighted by Crippen LogP contribution is 1.91. The molecule has 1 rings (SSSR count). The van der Waals surface area contributed by atoms with Crippen LogP contribution in [-0.2, 0) is 6.42 Å². The molecule has 0 N–H and O–H groups in total. The molecule has 0 atom stereocenters. The van der Waals surface area contributed by atoms with Crippen molar-refractivity contribution in [3.8, 4) is 0 Å². The van der Waals surface area contributed by atoms with E-state index in [1.165, 1.54) is 0 Å². The Morgan fingerprint density at radius 3 is 2.75 bits per heavy atom. The molecule has 0 aliphatic carbocycles. The lowest BCUT2D eigenvalue weighted by molar-refractivity contribution is 1.11. The topological polar surface area (TPSA) is 12.9 Å². The zero-order chi connectivity index (χ0) is 5.82. The summed E-state index contributed by atoms with van der Waals surface area (Å²) in [6, 6.07) is 5.83. The number of nitrogens with zero attached hydrogens (tertiary/aromatic N) is 1. The van der Waals surface area contributed by atoms with Crippen molar-refractivity contribution in [1.29, 1.82) is 0 Å². The van der Waals surface area contributed by atoms with E-state index in [0.29, 0.717) is 0 Å². The first-order chi connectivity index (χ1) is 3.93. The zero-order valence-corrected chi connectivity index (χ0v) is 4.67. The van der Waals surface area contributed by atoms with Crippen LogP contribution in [0.15, 0.2) is 24.4 Å². The van der Waals surface area contributed by atoms with Crippen molar-refractivity contribution in [3.05, 3.63) is 37.0 Å². The van der Waals surface area contributed by atoms with E-state index in [1.54, 1.807) is 6.20 Å². The molecule has 1 aromatic heterocycles. The summed E-state index contributed by atoms with van der Waals surface area (Å²) >= 11 is 0. The van der Waals surface area contributed by atoms with Gasteiger partial charge in [-0.1, -0.05) is 6.07 Å². The molecule has 0 bridgehead atoms. The van der Waals surface area contributed by atoms with E-state index >= 15 is 0 Å². The van der Waals surface area contributed by atoms with Crippen LogP contribution in [0.4, 0.5) is 0 Å². The summed E-state index contributed by atoms with van der Waals surface area (Å²) in [5.41, 5.74) is 1.05. The number of aromatic nitrogens is 1. The molecule has 1 radical (unpaired) electrons. The van der Waals surface area contributed by atoms with Crippen LogP contribution in [0.5, 0.6) is 0 Å². The first kappa shape index (κ1) is 5.29. The molecule has 1 heteroatoms. The monoisotopic (exact) mass is 106 g/mol. The highest BCUT2D eigenvalue weighted by atomic mass is 14.6. The maximum atomic E-state index is 4.03. The van der Waals surface area contributed by atoms with E-state index in [0.717, 1.165) is 12.1 Å². The second-order valence-electron chi connectivity index (χ2n) is 1.57. The minimum Gasteiger partial charge on any atom is -0.261 e. The Kier molecular flexibility index (Phi) is 1.62. The molecule has 0 fully saturated rings. The third kappa shape index (κ3) is 1.06. The van der Waals surface area contributed by atoms with E-state index < -0.39 is 0 Å². The van der Waals surface area contributed by atoms with Gasteiger partial charge in [0.15, 0.2) is 0 Å². The van der Waals surface area contributed by atoms with Gasteiger partial charge in [-0.25, -0.2) is 0 Å². The summed E-state index contributed by atoms with van der Waals surface area (Å²) in [6.45, 7) is 3.69. The predicted octanol–water partition coefficient (Wildman–Crippen LogP) is 1.46. The Labute approximate surface area is 49.4 Å². The van der Waals surface area contributed by atoms with E-state index in [-0.39, 0.29) is 0 Å². The fourth-order valence-electron chi connectivity index (χ4n) is 0.546. The van der Waals surface area contributed by atoms with Crippen LogP contribution in [0.25, 0.3) is 0 Å². The lowest BCUT2D eigenvalue weighted by atomic mass is 10.3. The summed E-state index contributed by atoms with van der Waals surface area (Å²) in [5, 5.41) is 0. The molecule has 1 aromatic rings. The molecule has 0 unspecified atom stereocenters. The SMILES string of the molecule is [CH2]Cc1ccccn1. The summed E-state index contributed by atoms with van der Waals surface area (Å²) < 4.78 is 0. The summed E-state index contributed by atoms with van der Waals surface area (Å²) in [4.78, 5) is 4.03. The van der Waals surface area contributed by atoms with Crippen LogP contribution in [0, 0.1) is 6.92 Å². The van der Waals surface area contributed by atoms with Crippen LogP contribution >= 0.6 is 0 Å². The van der Waals surface area contributed by atoms with Gasteiger partial charge in [0.1, 0.15) is 0 Å². The second-order valence-corrected chi connectivity index (χ2v) is 1.57. The average Bonchev–Trinajstić information content (AvgIpc) is 1.90. The van der Waals surface area contributed by atoms with Gasteiger partial charge in [-0.2, -0.15) is 0 Å². The van der Waals surface area contributed by atoms with Gasteiger partial charge in [0, 0.05) is 11.9 Å². The molecular formula is C7H8N. The lowest BCUT2D eigenvalue weighted by Crippen LogP contribution is -1.81. The minimum absolute atomic E-state index is 0.779. The van der Waals surface area contributed by atoms with Crippen molar-refractivity contribution >= 4 is 0 Å². The van der Waals surface area contributed by atoms with Gasteiger partial charge in [0.25, 0.3) is 0 Å². The number of pyridine rings is 1. The maximum absolute atomic E-state index is 4.03. The Morgan fingerprint density at radius 1 is 1.50 bits per heavy atom. The van der Waals surface area contributed by atoms with Gasteiger partial charge in [0.05, 0.1) is 0 Å². The summed E-state index contributed by atoms with van der Waals surface area (Å²) in [5.74, 6) is 0. The van der Waals surface area contributed by atoms with E-state index in [9.17, 15) is 0 Å². The summed E-state index contributed by atoms with van der Waals surface area (Å²) in [7, 11) is 0. The Bertz CT molecular complexity index is 146. The fourth-order valence-corrected chi connectivity index (χ4v) is 0.546. The molecule has 0 aliphatic heterocycles. The van der Waals surface area contributed by atoms with Crippen molar-refractivity contribution in [1.82, 2.24) is 4.98 Å². The van der Waals surface area contributed by atoms with Crippen LogP contribution in [-0.4, -0.2) is 4.98 Å². The first-order valence-electron chi connectivity index (χ1n) is 2.62. The quantitative estimate of drug-likeness (QED) is 0.528. The van der Waals surface area contributed by atoms with E-state index in [1.807, 2.05) is 18.2 Å². The second kappa shape index (κ2) is 2.46. The first-order valence-corrected chi connectivity index (χ1v) is 2.62. The maximum Gasteiger partial charge on any atom is 0.0403 e. The van der Waals surface area contributed by atoms with Crippen molar-refractivity contribution in [3.63, 3.8) is 0 Å². The van der Waals surface area contributed by atoms with E-state index in [2.05, 4.69) is 11.9 Å². The van der Waals surface area contributed by atoms with E-state index in [4.69, 9.17) is 0 Å². The highest BCUT2D eigenvalue weighted by molar-refractivity contribution is 5.03.